The van der Waals surface area contributed by atoms with Gasteiger partial charge in [-0.3, -0.25) is 0 Å². The molecule has 0 saturated carbocycles. The Balaban J connectivity index is 1.83. The Hall–Kier alpha value is -0.710. The van der Waals surface area contributed by atoms with Gasteiger partial charge in [-0.1, -0.05) is 0 Å². The molecule has 2 rings (SSSR count). The second-order valence-corrected chi connectivity index (χ2v) is 5.59. The number of nitrogens with one attached hydrogen (secondary N) is 1. The van der Waals surface area contributed by atoms with E-state index in [2.05, 4.69) is 28.0 Å². The van der Waals surface area contributed by atoms with Gasteiger partial charge >= 0.3 is 0 Å². The highest BCUT2D eigenvalue weighted by molar-refractivity contribution is 7.11. The molecule has 0 bridgehead atoms. The second kappa shape index (κ2) is 4.88. The molecular weight excluding hydrogens is 224 g/mol. The van der Waals surface area contributed by atoms with Gasteiger partial charge < -0.3 is 5.32 Å². The molecule has 2 aromatic heterocycles. The van der Waals surface area contributed by atoms with E-state index in [1.807, 2.05) is 13.1 Å². The standard InChI is InChI=1S/C11H14N2S2/c1-8-6-14-7-10(8)3-12-4-11-5-13-9(2)15-11/h5-7,12H,3-4H2,1-2H3. The first-order chi connectivity index (χ1) is 7.25. The molecule has 0 amide bonds. The zero-order valence-electron chi connectivity index (χ0n) is 8.91. The van der Waals surface area contributed by atoms with Crippen LogP contribution in [0, 0.1) is 13.8 Å². The van der Waals surface area contributed by atoms with Crippen molar-refractivity contribution in [2.45, 2.75) is 26.9 Å². The van der Waals surface area contributed by atoms with Crippen LogP contribution >= 0.6 is 22.7 Å². The van der Waals surface area contributed by atoms with Crippen LogP contribution in [0.25, 0.3) is 0 Å². The van der Waals surface area contributed by atoms with E-state index in [1.54, 1.807) is 22.7 Å². The van der Waals surface area contributed by atoms with Crippen molar-refractivity contribution in [2.75, 3.05) is 0 Å². The molecule has 80 valence electrons. The summed E-state index contributed by atoms with van der Waals surface area (Å²) in [5.74, 6) is 0. The van der Waals surface area contributed by atoms with Crippen LogP contribution in [0.5, 0.6) is 0 Å². The fraction of sp³-hybridized carbons (Fsp3) is 0.364. The van der Waals surface area contributed by atoms with E-state index in [-0.39, 0.29) is 0 Å². The summed E-state index contributed by atoms with van der Waals surface area (Å²) in [6.45, 7) is 6.06. The van der Waals surface area contributed by atoms with E-state index in [0.717, 1.165) is 18.1 Å². The van der Waals surface area contributed by atoms with Gasteiger partial charge in [-0.15, -0.1) is 11.3 Å². The molecule has 0 aliphatic carbocycles. The van der Waals surface area contributed by atoms with Crippen molar-refractivity contribution in [1.29, 1.82) is 0 Å². The molecule has 0 aromatic carbocycles. The molecule has 0 aliphatic heterocycles. The molecule has 2 heterocycles. The summed E-state index contributed by atoms with van der Waals surface area (Å²) in [4.78, 5) is 5.54. The smallest absolute Gasteiger partial charge is 0.0897 e. The Bertz CT molecular complexity index is 431. The fourth-order valence-electron chi connectivity index (χ4n) is 1.38. The van der Waals surface area contributed by atoms with Crippen molar-refractivity contribution < 1.29 is 0 Å². The number of rotatable bonds is 4. The minimum absolute atomic E-state index is 0.917. The minimum Gasteiger partial charge on any atom is -0.308 e. The number of hydrogen-bond acceptors (Lipinski definition) is 4. The lowest BCUT2D eigenvalue weighted by Crippen LogP contribution is -2.11. The van der Waals surface area contributed by atoms with Gasteiger partial charge in [0.2, 0.25) is 0 Å². The van der Waals surface area contributed by atoms with Crippen molar-refractivity contribution in [3.05, 3.63) is 38.0 Å². The lowest BCUT2D eigenvalue weighted by molar-refractivity contribution is 0.699. The zero-order valence-corrected chi connectivity index (χ0v) is 10.5. The first-order valence-electron chi connectivity index (χ1n) is 4.89. The third-order valence-electron chi connectivity index (χ3n) is 2.25. The van der Waals surface area contributed by atoms with Crippen LogP contribution in [0.4, 0.5) is 0 Å². The monoisotopic (exact) mass is 238 g/mol. The lowest BCUT2D eigenvalue weighted by Gasteiger charge is -2.01. The predicted octanol–water partition coefficient (Wildman–Crippen LogP) is 3.11. The quantitative estimate of drug-likeness (QED) is 0.885. The second-order valence-electron chi connectivity index (χ2n) is 3.53. The van der Waals surface area contributed by atoms with Crippen molar-refractivity contribution >= 4 is 22.7 Å². The maximum Gasteiger partial charge on any atom is 0.0897 e. The fourth-order valence-corrected chi connectivity index (χ4v) is 3.00. The van der Waals surface area contributed by atoms with E-state index in [0.29, 0.717) is 0 Å². The highest BCUT2D eigenvalue weighted by atomic mass is 32.1. The predicted molar refractivity (Wildman–Crippen MR) is 66.5 cm³/mol. The highest BCUT2D eigenvalue weighted by Gasteiger charge is 2.00. The number of nitrogens with zero attached hydrogens (tertiary/aromatic N) is 1. The van der Waals surface area contributed by atoms with Gasteiger partial charge in [0, 0.05) is 24.2 Å². The normalized spacial score (nSPS) is 10.8. The Labute approximate surface area is 98.0 Å². The molecule has 1 N–H and O–H groups in total. The molecule has 0 radical (unpaired) electrons. The largest absolute Gasteiger partial charge is 0.308 e. The van der Waals surface area contributed by atoms with Crippen LogP contribution in [-0.4, -0.2) is 4.98 Å². The summed E-state index contributed by atoms with van der Waals surface area (Å²) in [5, 5.41) is 8.97. The average molecular weight is 238 g/mol. The Kier molecular flexibility index (Phi) is 3.51. The average Bonchev–Trinajstić information content (AvgIpc) is 2.77. The van der Waals surface area contributed by atoms with Crippen molar-refractivity contribution in [2.24, 2.45) is 0 Å². The van der Waals surface area contributed by atoms with E-state index in [9.17, 15) is 0 Å². The first-order valence-corrected chi connectivity index (χ1v) is 6.65. The van der Waals surface area contributed by atoms with Gasteiger partial charge in [-0.2, -0.15) is 11.3 Å². The molecule has 0 atom stereocenters. The summed E-state index contributed by atoms with van der Waals surface area (Å²) in [6.07, 6.45) is 1.95. The first kappa shape index (κ1) is 10.8. The molecule has 2 aromatic rings. The SMILES string of the molecule is Cc1ncc(CNCc2cscc2C)s1. The highest BCUT2D eigenvalue weighted by Crippen LogP contribution is 2.14. The molecular formula is C11H14N2S2. The maximum absolute atomic E-state index is 4.23. The molecule has 4 heteroatoms. The van der Waals surface area contributed by atoms with E-state index < -0.39 is 0 Å². The maximum atomic E-state index is 4.23. The topological polar surface area (TPSA) is 24.9 Å². The van der Waals surface area contributed by atoms with Gasteiger partial charge in [0.15, 0.2) is 0 Å². The van der Waals surface area contributed by atoms with Crippen molar-refractivity contribution in [3.8, 4) is 0 Å². The summed E-state index contributed by atoms with van der Waals surface area (Å²) >= 11 is 3.52. The zero-order chi connectivity index (χ0) is 10.7. The summed E-state index contributed by atoms with van der Waals surface area (Å²) < 4.78 is 0. The molecule has 0 spiro atoms. The number of aryl methyl sites for hydroxylation is 2. The Morgan fingerprint density at radius 1 is 1.27 bits per heavy atom. The van der Waals surface area contributed by atoms with Crippen LogP contribution in [0.2, 0.25) is 0 Å². The van der Waals surface area contributed by atoms with Gasteiger partial charge in [-0.05, 0) is 35.7 Å². The third kappa shape index (κ3) is 2.87. The molecule has 15 heavy (non-hydrogen) atoms. The van der Waals surface area contributed by atoms with Gasteiger partial charge in [-0.25, -0.2) is 4.98 Å². The van der Waals surface area contributed by atoms with Crippen LogP contribution in [0.1, 0.15) is 21.0 Å². The van der Waals surface area contributed by atoms with Crippen LogP contribution in [-0.2, 0) is 13.1 Å². The van der Waals surface area contributed by atoms with Gasteiger partial charge in [0.25, 0.3) is 0 Å². The lowest BCUT2D eigenvalue weighted by atomic mass is 10.2. The molecule has 2 nitrogen and oxygen atoms in total. The van der Waals surface area contributed by atoms with Gasteiger partial charge in [0.1, 0.15) is 0 Å². The number of thiazole rings is 1. The van der Waals surface area contributed by atoms with E-state index >= 15 is 0 Å². The van der Waals surface area contributed by atoms with E-state index in [1.165, 1.54) is 16.0 Å². The summed E-state index contributed by atoms with van der Waals surface area (Å²) in [6, 6.07) is 0. The van der Waals surface area contributed by atoms with Crippen LogP contribution in [0.15, 0.2) is 17.0 Å². The minimum atomic E-state index is 0.917. The molecule has 0 fully saturated rings. The van der Waals surface area contributed by atoms with Gasteiger partial charge in [0.05, 0.1) is 5.01 Å². The third-order valence-corrected chi connectivity index (χ3v) is 4.07. The Morgan fingerprint density at radius 3 is 2.73 bits per heavy atom. The van der Waals surface area contributed by atoms with Crippen LogP contribution in [0.3, 0.4) is 0 Å². The van der Waals surface area contributed by atoms with Crippen molar-refractivity contribution in [1.82, 2.24) is 10.3 Å². The summed E-state index contributed by atoms with van der Waals surface area (Å²) in [5.41, 5.74) is 2.79. The molecule has 0 saturated heterocycles. The Morgan fingerprint density at radius 2 is 2.13 bits per heavy atom. The number of hydrogen-bond donors (Lipinski definition) is 1. The molecule has 0 aliphatic rings. The number of aromatic nitrogens is 1. The molecule has 0 unspecified atom stereocenters. The van der Waals surface area contributed by atoms with Crippen LogP contribution < -0.4 is 5.32 Å². The summed E-state index contributed by atoms with van der Waals surface area (Å²) in [7, 11) is 0. The number of thiophene rings is 1. The van der Waals surface area contributed by atoms with Crippen molar-refractivity contribution in [3.63, 3.8) is 0 Å². The van der Waals surface area contributed by atoms with E-state index in [4.69, 9.17) is 0 Å².